The predicted octanol–water partition coefficient (Wildman–Crippen LogP) is 2.21. The highest BCUT2D eigenvalue weighted by molar-refractivity contribution is 5.57. The molecule has 0 saturated heterocycles. The van der Waals surface area contributed by atoms with Gasteiger partial charge in [0.1, 0.15) is 5.69 Å². The van der Waals surface area contributed by atoms with Crippen molar-refractivity contribution in [2.24, 2.45) is 0 Å². The Morgan fingerprint density at radius 1 is 1.21 bits per heavy atom. The largest absolute Gasteiger partial charge is 0.383 e. The molecule has 0 aromatic carbocycles. The van der Waals surface area contributed by atoms with Crippen molar-refractivity contribution in [3.63, 3.8) is 0 Å². The Morgan fingerprint density at radius 2 is 2.04 bits per heavy atom. The van der Waals surface area contributed by atoms with Crippen LogP contribution in [0.3, 0.4) is 0 Å². The normalized spacial score (nSPS) is 11.3. The minimum absolute atomic E-state index is 0.671. The Labute approximate surface area is 140 Å². The number of aromatic nitrogens is 4. The molecule has 0 aliphatic rings. The Balaban J connectivity index is 1.60. The number of imidazole rings is 1. The summed E-state index contributed by atoms with van der Waals surface area (Å²) in [5, 5.41) is 4.13. The summed E-state index contributed by atoms with van der Waals surface area (Å²) in [4.78, 5) is 10.4. The quantitative estimate of drug-likeness (QED) is 0.632. The van der Waals surface area contributed by atoms with Gasteiger partial charge >= 0.3 is 0 Å². The standard InChI is InChI=1S/C17H21N5O2/c1-21(11-15-10-19-13-22(15)7-8-23-2)12-16-9-17(20-24-16)14-3-5-18-6-4-14/h3-6,9-10,13H,7-8,11-12H2,1-2H3. The zero-order valence-electron chi connectivity index (χ0n) is 13.9. The molecule has 0 aliphatic heterocycles. The highest BCUT2D eigenvalue weighted by Gasteiger charge is 2.11. The van der Waals surface area contributed by atoms with E-state index in [-0.39, 0.29) is 0 Å². The smallest absolute Gasteiger partial charge is 0.151 e. The van der Waals surface area contributed by atoms with Crippen LogP contribution in [-0.4, -0.2) is 45.4 Å². The molecule has 0 saturated carbocycles. The fourth-order valence-corrected chi connectivity index (χ4v) is 2.52. The molecular weight excluding hydrogens is 306 g/mol. The third-order valence-electron chi connectivity index (χ3n) is 3.73. The summed E-state index contributed by atoms with van der Waals surface area (Å²) in [5.41, 5.74) is 2.97. The first-order valence-corrected chi connectivity index (χ1v) is 7.78. The van der Waals surface area contributed by atoms with Crippen LogP contribution in [0.15, 0.2) is 47.6 Å². The van der Waals surface area contributed by atoms with E-state index in [0.717, 1.165) is 35.8 Å². The van der Waals surface area contributed by atoms with E-state index in [0.29, 0.717) is 13.2 Å². The fraction of sp³-hybridized carbons (Fsp3) is 0.353. The van der Waals surface area contributed by atoms with Crippen molar-refractivity contribution < 1.29 is 9.26 Å². The van der Waals surface area contributed by atoms with E-state index >= 15 is 0 Å². The number of hydrogen-bond acceptors (Lipinski definition) is 6. The SMILES string of the molecule is COCCn1cncc1CN(C)Cc1cc(-c2ccncc2)no1. The molecule has 0 atom stereocenters. The average Bonchev–Trinajstić information content (AvgIpc) is 3.23. The second-order valence-corrected chi connectivity index (χ2v) is 5.66. The monoisotopic (exact) mass is 327 g/mol. The fourth-order valence-electron chi connectivity index (χ4n) is 2.52. The van der Waals surface area contributed by atoms with Crippen molar-refractivity contribution in [3.8, 4) is 11.3 Å². The minimum atomic E-state index is 0.671. The Bertz CT molecular complexity index is 753. The Hall–Kier alpha value is -2.51. The number of hydrogen-bond donors (Lipinski definition) is 0. The third kappa shape index (κ3) is 4.06. The van der Waals surface area contributed by atoms with E-state index in [1.165, 1.54) is 0 Å². The molecule has 0 N–H and O–H groups in total. The highest BCUT2D eigenvalue weighted by atomic mass is 16.5. The lowest BCUT2D eigenvalue weighted by Gasteiger charge is -2.16. The van der Waals surface area contributed by atoms with Crippen LogP contribution < -0.4 is 0 Å². The molecule has 0 unspecified atom stereocenters. The van der Waals surface area contributed by atoms with Crippen LogP contribution in [0.5, 0.6) is 0 Å². The summed E-state index contributed by atoms with van der Waals surface area (Å²) in [6, 6.07) is 5.80. The number of rotatable bonds is 8. The van der Waals surface area contributed by atoms with Crippen molar-refractivity contribution in [1.82, 2.24) is 24.6 Å². The molecule has 0 spiro atoms. The lowest BCUT2D eigenvalue weighted by Crippen LogP contribution is -2.19. The van der Waals surface area contributed by atoms with Crippen LogP contribution in [-0.2, 0) is 24.4 Å². The van der Waals surface area contributed by atoms with Gasteiger partial charge in [-0.1, -0.05) is 5.16 Å². The van der Waals surface area contributed by atoms with Crippen LogP contribution in [0.25, 0.3) is 11.3 Å². The summed E-state index contributed by atoms with van der Waals surface area (Å²) in [6.07, 6.45) is 7.21. The molecule has 3 aromatic rings. The van der Waals surface area contributed by atoms with E-state index in [2.05, 4.69) is 24.6 Å². The summed E-state index contributed by atoms with van der Waals surface area (Å²) >= 11 is 0. The Kier molecular flexibility index (Phi) is 5.35. The van der Waals surface area contributed by atoms with Crippen LogP contribution in [0, 0.1) is 0 Å². The maximum atomic E-state index is 5.45. The average molecular weight is 327 g/mol. The van der Waals surface area contributed by atoms with Crippen LogP contribution in [0.4, 0.5) is 0 Å². The van der Waals surface area contributed by atoms with Gasteiger partial charge in [0.15, 0.2) is 5.76 Å². The van der Waals surface area contributed by atoms with Crippen molar-refractivity contribution in [2.75, 3.05) is 20.8 Å². The van der Waals surface area contributed by atoms with Crippen molar-refractivity contribution in [1.29, 1.82) is 0 Å². The van der Waals surface area contributed by atoms with Crippen molar-refractivity contribution in [3.05, 3.63) is 54.6 Å². The topological polar surface area (TPSA) is 69.2 Å². The zero-order valence-corrected chi connectivity index (χ0v) is 13.9. The van der Waals surface area contributed by atoms with Gasteiger partial charge in [0.05, 0.1) is 25.2 Å². The molecular formula is C17H21N5O2. The minimum Gasteiger partial charge on any atom is -0.383 e. The van der Waals surface area contributed by atoms with Crippen molar-refractivity contribution in [2.45, 2.75) is 19.6 Å². The maximum absolute atomic E-state index is 5.45. The van der Waals surface area contributed by atoms with Gasteiger partial charge in [-0.05, 0) is 19.2 Å². The summed E-state index contributed by atoms with van der Waals surface area (Å²) in [7, 11) is 3.75. The second-order valence-electron chi connectivity index (χ2n) is 5.66. The van der Waals surface area contributed by atoms with E-state index in [1.54, 1.807) is 19.5 Å². The first kappa shape index (κ1) is 16.4. The van der Waals surface area contributed by atoms with Gasteiger partial charge in [0, 0.05) is 50.4 Å². The number of ether oxygens (including phenoxy) is 1. The van der Waals surface area contributed by atoms with Crippen molar-refractivity contribution >= 4 is 0 Å². The third-order valence-corrected chi connectivity index (χ3v) is 3.73. The second kappa shape index (κ2) is 7.85. The zero-order chi connectivity index (χ0) is 16.8. The van der Waals surface area contributed by atoms with Crippen LogP contribution in [0.1, 0.15) is 11.5 Å². The Morgan fingerprint density at radius 3 is 2.83 bits per heavy atom. The molecule has 0 amide bonds. The van der Waals surface area contributed by atoms with Crippen LogP contribution in [0.2, 0.25) is 0 Å². The van der Waals surface area contributed by atoms with Gasteiger partial charge < -0.3 is 13.8 Å². The number of methoxy groups -OCH3 is 1. The van der Waals surface area contributed by atoms with E-state index in [1.807, 2.05) is 37.8 Å². The highest BCUT2D eigenvalue weighted by Crippen LogP contribution is 2.19. The summed E-state index contributed by atoms with van der Waals surface area (Å²) in [5.74, 6) is 0.826. The maximum Gasteiger partial charge on any atom is 0.151 e. The molecule has 126 valence electrons. The molecule has 0 radical (unpaired) electrons. The molecule has 0 bridgehead atoms. The first-order chi connectivity index (χ1) is 11.8. The molecule has 7 heteroatoms. The van der Waals surface area contributed by atoms with Gasteiger partial charge in [-0.2, -0.15) is 0 Å². The summed E-state index contributed by atoms with van der Waals surface area (Å²) < 4.78 is 12.7. The molecule has 0 fully saturated rings. The van der Waals surface area contributed by atoms with E-state index < -0.39 is 0 Å². The van der Waals surface area contributed by atoms with Crippen LogP contribution >= 0.6 is 0 Å². The molecule has 7 nitrogen and oxygen atoms in total. The van der Waals surface area contributed by atoms with E-state index in [9.17, 15) is 0 Å². The lowest BCUT2D eigenvalue weighted by atomic mass is 10.2. The van der Waals surface area contributed by atoms with Gasteiger partial charge in [0.2, 0.25) is 0 Å². The van der Waals surface area contributed by atoms with Gasteiger partial charge in [-0.25, -0.2) is 4.98 Å². The molecule has 24 heavy (non-hydrogen) atoms. The molecule has 3 aromatic heterocycles. The van der Waals surface area contributed by atoms with Gasteiger partial charge in [-0.3, -0.25) is 9.88 Å². The molecule has 3 rings (SSSR count). The predicted molar refractivity (Wildman–Crippen MR) is 89.0 cm³/mol. The summed E-state index contributed by atoms with van der Waals surface area (Å²) in [6.45, 7) is 2.92. The number of nitrogens with zero attached hydrogens (tertiary/aromatic N) is 5. The van der Waals surface area contributed by atoms with Gasteiger partial charge in [-0.15, -0.1) is 0 Å². The lowest BCUT2D eigenvalue weighted by molar-refractivity contribution is 0.184. The van der Waals surface area contributed by atoms with E-state index in [4.69, 9.17) is 9.26 Å². The number of pyridine rings is 1. The molecule has 0 aliphatic carbocycles. The first-order valence-electron chi connectivity index (χ1n) is 7.78. The molecule has 3 heterocycles. The van der Waals surface area contributed by atoms with Gasteiger partial charge in [0.25, 0.3) is 0 Å².